The van der Waals surface area contributed by atoms with E-state index in [0.29, 0.717) is 6.42 Å². The first-order valence-corrected chi connectivity index (χ1v) is 9.84. The Morgan fingerprint density at radius 3 is 1.91 bits per heavy atom. The van der Waals surface area contributed by atoms with Crippen molar-refractivity contribution in [2.24, 2.45) is 23.7 Å². The third-order valence-electron chi connectivity index (χ3n) is 6.83. The van der Waals surface area contributed by atoms with Gasteiger partial charge in [0.1, 0.15) is 5.67 Å². The van der Waals surface area contributed by atoms with Gasteiger partial charge in [-0.3, -0.25) is 0 Å². The summed E-state index contributed by atoms with van der Waals surface area (Å²) in [4.78, 5) is 0. The topological polar surface area (TPSA) is 20.2 Å². The molecule has 0 spiro atoms. The average Bonchev–Trinajstić information content (AvgIpc) is 2.55. The van der Waals surface area contributed by atoms with Crippen LogP contribution in [0.2, 0.25) is 0 Å². The van der Waals surface area contributed by atoms with Gasteiger partial charge in [-0.2, -0.15) is 0 Å². The number of alkyl halides is 1. The van der Waals surface area contributed by atoms with Crippen LogP contribution in [0.5, 0.6) is 0 Å². The predicted molar refractivity (Wildman–Crippen MR) is 91.6 cm³/mol. The molecule has 2 fully saturated rings. The molecule has 1 nitrogen and oxygen atoms in total. The van der Waals surface area contributed by atoms with Gasteiger partial charge >= 0.3 is 0 Å². The fourth-order valence-electron chi connectivity index (χ4n) is 4.99. The Labute approximate surface area is 137 Å². The van der Waals surface area contributed by atoms with Gasteiger partial charge in [-0.15, -0.1) is 0 Å². The maximum Gasteiger partial charge on any atom is 0.134 e. The van der Waals surface area contributed by atoms with Gasteiger partial charge in [0.2, 0.25) is 0 Å². The van der Waals surface area contributed by atoms with Crippen molar-refractivity contribution in [1.29, 1.82) is 0 Å². The molecule has 130 valence electrons. The van der Waals surface area contributed by atoms with Crippen molar-refractivity contribution in [2.45, 2.75) is 103 Å². The SMILES string of the molecule is CCCC1CCC(C2CCC(C(O)C(C)(F)CC)CC2)CC1. The lowest BCUT2D eigenvalue weighted by Gasteiger charge is -2.40. The number of hydrogen-bond acceptors (Lipinski definition) is 1. The lowest BCUT2D eigenvalue weighted by molar-refractivity contribution is -0.0519. The van der Waals surface area contributed by atoms with Crippen molar-refractivity contribution in [3.63, 3.8) is 0 Å². The largest absolute Gasteiger partial charge is 0.390 e. The fraction of sp³-hybridized carbons (Fsp3) is 1.00. The molecule has 2 atom stereocenters. The van der Waals surface area contributed by atoms with E-state index in [4.69, 9.17) is 0 Å². The highest BCUT2D eigenvalue weighted by molar-refractivity contribution is 4.90. The lowest BCUT2D eigenvalue weighted by Crippen LogP contribution is -2.42. The quantitative estimate of drug-likeness (QED) is 0.647. The third kappa shape index (κ3) is 4.46. The Hall–Kier alpha value is -0.110. The molecule has 0 bridgehead atoms. The summed E-state index contributed by atoms with van der Waals surface area (Å²) < 4.78 is 14.3. The van der Waals surface area contributed by atoms with Crippen LogP contribution in [-0.4, -0.2) is 16.9 Å². The summed E-state index contributed by atoms with van der Waals surface area (Å²) in [5, 5.41) is 10.3. The molecule has 1 N–H and O–H groups in total. The normalized spacial score (nSPS) is 37.5. The number of rotatable bonds is 6. The number of aliphatic hydroxyl groups excluding tert-OH is 1. The van der Waals surface area contributed by atoms with Crippen LogP contribution in [0.15, 0.2) is 0 Å². The summed E-state index contributed by atoms with van der Waals surface area (Å²) in [5.41, 5.74) is -1.41. The molecular formula is C20H37FO. The zero-order chi connectivity index (χ0) is 16.2. The van der Waals surface area contributed by atoms with E-state index in [2.05, 4.69) is 6.92 Å². The Morgan fingerprint density at radius 2 is 1.45 bits per heavy atom. The molecule has 0 amide bonds. The molecule has 2 unspecified atom stereocenters. The van der Waals surface area contributed by atoms with E-state index >= 15 is 0 Å². The van der Waals surface area contributed by atoms with Crippen LogP contribution in [0.3, 0.4) is 0 Å². The summed E-state index contributed by atoms with van der Waals surface area (Å²) in [5.74, 6) is 2.92. The zero-order valence-electron chi connectivity index (χ0n) is 15.0. The van der Waals surface area contributed by atoms with E-state index in [9.17, 15) is 9.50 Å². The van der Waals surface area contributed by atoms with Crippen molar-refractivity contribution in [1.82, 2.24) is 0 Å². The van der Waals surface area contributed by atoms with Crippen LogP contribution in [0.1, 0.15) is 91.4 Å². The fourth-order valence-corrected chi connectivity index (χ4v) is 4.99. The smallest absolute Gasteiger partial charge is 0.134 e. The minimum atomic E-state index is -1.41. The van der Waals surface area contributed by atoms with Gasteiger partial charge in [-0.05, 0) is 75.5 Å². The van der Waals surface area contributed by atoms with E-state index < -0.39 is 11.8 Å². The standard InChI is InChI=1S/C20H37FO/c1-4-6-15-7-9-16(10-8-15)17-11-13-18(14-12-17)19(22)20(3,21)5-2/h15-19,22H,4-14H2,1-3H3. The maximum absolute atomic E-state index is 14.3. The van der Waals surface area contributed by atoms with E-state index in [1.807, 2.05) is 6.92 Å². The number of aliphatic hydroxyl groups is 1. The van der Waals surface area contributed by atoms with Crippen LogP contribution in [0.4, 0.5) is 4.39 Å². The highest BCUT2D eigenvalue weighted by atomic mass is 19.1. The zero-order valence-corrected chi connectivity index (χ0v) is 15.0. The molecule has 22 heavy (non-hydrogen) atoms. The van der Waals surface area contributed by atoms with Gasteiger partial charge in [-0.25, -0.2) is 4.39 Å². The second-order valence-corrected chi connectivity index (χ2v) is 8.32. The average molecular weight is 313 g/mol. The lowest BCUT2D eigenvalue weighted by atomic mass is 9.67. The molecule has 0 aromatic rings. The molecule has 0 heterocycles. The molecule has 2 heteroatoms. The Balaban J connectivity index is 1.76. The highest BCUT2D eigenvalue weighted by Crippen LogP contribution is 2.44. The van der Waals surface area contributed by atoms with Crippen LogP contribution >= 0.6 is 0 Å². The summed E-state index contributed by atoms with van der Waals surface area (Å²) in [6.07, 6.45) is 12.6. The first-order chi connectivity index (χ1) is 10.5. The molecular weight excluding hydrogens is 275 g/mol. The van der Waals surface area contributed by atoms with Crippen molar-refractivity contribution in [3.05, 3.63) is 0 Å². The monoisotopic (exact) mass is 312 g/mol. The Bertz CT molecular complexity index is 312. The van der Waals surface area contributed by atoms with Gasteiger partial charge in [0.05, 0.1) is 6.10 Å². The first kappa shape index (κ1) is 18.2. The first-order valence-electron chi connectivity index (χ1n) is 9.84. The summed E-state index contributed by atoms with van der Waals surface area (Å²) in [7, 11) is 0. The van der Waals surface area contributed by atoms with Gasteiger partial charge in [0.25, 0.3) is 0 Å². The highest BCUT2D eigenvalue weighted by Gasteiger charge is 2.39. The summed E-state index contributed by atoms with van der Waals surface area (Å²) >= 11 is 0. The van der Waals surface area contributed by atoms with Crippen molar-refractivity contribution in [3.8, 4) is 0 Å². The number of hydrogen-bond donors (Lipinski definition) is 1. The third-order valence-corrected chi connectivity index (χ3v) is 6.83. The van der Waals surface area contributed by atoms with E-state index in [1.165, 1.54) is 51.4 Å². The molecule has 0 aromatic carbocycles. The Morgan fingerprint density at radius 1 is 0.955 bits per heavy atom. The molecule has 2 aliphatic carbocycles. The van der Waals surface area contributed by atoms with E-state index in [1.54, 1.807) is 6.92 Å². The van der Waals surface area contributed by atoms with Gasteiger partial charge in [-0.1, -0.05) is 39.5 Å². The molecule has 0 radical (unpaired) electrons. The minimum absolute atomic E-state index is 0.183. The molecule has 0 aliphatic heterocycles. The van der Waals surface area contributed by atoms with Crippen molar-refractivity contribution < 1.29 is 9.50 Å². The van der Waals surface area contributed by atoms with E-state index in [0.717, 1.165) is 30.6 Å². The van der Waals surface area contributed by atoms with E-state index in [-0.39, 0.29) is 5.92 Å². The minimum Gasteiger partial charge on any atom is -0.390 e. The van der Waals surface area contributed by atoms with Crippen LogP contribution < -0.4 is 0 Å². The summed E-state index contributed by atoms with van der Waals surface area (Å²) in [6.45, 7) is 5.70. The second kappa shape index (κ2) is 8.13. The maximum atomic E-state index is 14.3. The molecule has 0 saturated heterocycles. The van der Waals surface area contributed by atoms with Crippen LogP contribution in [0, 0.1) is 23.7 Å². The van der Waals surface area contributed by atoms with Crippen LogP contribution in [-0.2, 0) is 0 Å². The van der Waals surface area contributed by atoms with Gasteiger partial charge in [0.15, 0.2) is 0 Å². The van der Waals surface area contributed by atoms with Gasteiger partial charge < -0.3 is 5.11 Å². The second-order valence-electron chi connectivity index (χ2n) is 8.32. The summed E-state index contributed by atoms with van der Waals surface area (Å²) in [6, 6.07) is 0. The number of halogens is 1. The van der Waals surface area contributed by atoms with Gasteiger partial charge in [0, 0.05) is 0 Å². The molecule has 2 rings (SSSR count). The molecule has 0 aromatic heterocycles. The predicted octanol–water partition coefficient (Wildman–Crippen LogP) is 5.90. The van der Waals surface area contributed by atoms with Crippen molar-refractivity contribution in [2.75, 3.05) is 0 Å². The molecule has 2 aliphatic rings. The Kier molecular flexibility index (Phi) is 6.73. The van der Waals surface area contributed by atoms with Crippen molar-refractivity contribution >= 4 is 0 Å². The molecule has 2 saturated carbocycles. The van der Waals surface area contributed by atoms with Crippen LogP contribution in [0.25, 0.3) is 0 Å².